The average molecular weight is 383 g/mol. The van der Waals surface area contributed by atoms with E-state index in [2.05, 4.69) is 15.5 Å². The Morgan fingerprint density at radius 2 is 1.85 bits per heavy atom. The van der Waals surface area contributed by atoms with Gasteiger partial charge in [0, 0.05) is 5.56 Å². The van der Waals surface area contributed by atoms with E-state index >= 15 is 0 Å². The normalized spacial score (nSPS) is 11.7. The zero-order chi connectivity index (χ0) is 19.4. The molecule has 27 heavy (non-hydrogen) atoms. The predicted molar refractivity (Wildman–Crippen MR) is 107 cm³/mol. The van der Waals surface area contributed by atoms with Crippen LogP contribution < -0.4 is 14.8 Å². The highest BCUT2D eigenvalue weighted by Gasteiger charge is 2.18. The lowest BCUT2D eigenvalue weighted by Crippen LogP contribution is -2.30. The number of benzene rings is 2. The molecule has 0 unspecified atom stereocenters. The first-order valence-electron chi connectivity index (χ1n) is 8.49. The summed E-state index contributed by atoms with van der Waals surface area (Å²) in [6.07, 6.45) is -0.654. The highest BCUT2D eigenvalue weighted by Crippen LogP contribution is 2.28. The molecule has 0 spiro atoms. The largest absolute Gasteiger partial charge is 0.497 e. The second kappa shape index (κ2) is 8.18. The molecule has 0 saturated heterocycles. The van der Waals surface area contributed by atoms with Gasteiger partial charge in [0.25, 0.3) is 5.91 Å². The molecule has 3 rings (SSSR count). The number of aromatic nitrogens is 2. The third kappa shape index (κ3) is 4.62. The molecule has 1 atom stereocenters. The number of hydrogen-bond donors (Lipinski definition) is 1. The van der Waals surface area contributed by atoms with Crippen LogP contribution in [0.25, 0.3) is 10.6 Å². The van der Waals surface area contributed by atoms with Gasteiger partial charge in [0.2, 0.25) is 5.13 Å². The minimum absolute atomic E-state index is 0.270. The van der Waals surface area contributed by atoms with Crippen molar-refractivity contribution >= 4 is 22.4 Å². The van der Waals surface area contributed by atoms with Crippen LogP contribution in [0.15, 0.2) is 42.5 Å². The van der Waals surface area contributed by atoms with E-state index in [9.17, 15) is 4.79 Å². The number of anilines is 1. The van der Waals surface area contributed by atoms with E-state index in [0.29, 0.717) is 10.9 Å². The zero-order valence-corrected chi connectivity index (χ0v) is 16.5. The van der Waals surface area contributed by atoms with E-state index in [1.165, 1.54) is 11.3 Å². The molecule has 0 bridgehead atoms. The van der Waals surface area contributed by atoms with Crippen molar-refractivity contribution in [2.45, 2.75) is 26.9 Å². The fourth-order valence-corrected chi connectivity index (χ4v) is 3.16. The molecule has 2 aromatic carbocycles. The summed E-state index contributed by atoms with van der Waals surface area (Å²) in [6, 6.07) is 13.4. The van der Waals surface area contributed by atoms with Crippen LogP contribution in [0.3, 0.4) is 0 Å². The maximum absolute atomic E-state index is 12.4. The van der Waals surface area contributed by atoms with Crippen LogP contribution in [-0.4, -0.2) is 29.3 Å². The third-order valence-electron chi connectivity index (χ3n) is 4.01. The summed E-state index contributed by atoms with van der Waals surface area (Å²) in [6.45, 7) is 5.65. The van der Waals surface area contributed by atoms with Crippen molar-refractivity contribution in [2.75, 3.05) is 12.4 Å². The molecule has 0 fully saturated rings. The van der Waals surface area contributed by atoms with Crippen LogP contribution in [0.1, 0.15) is 18.1 Å². The predicted octanol–water partition coefficient (Wildman–Crippen LogP) is 4.24. The van der Waals surface area contributed by atoms with Crippen LogP contribution in [0.2, 0.25) is 0 Å². The molecular weight excluding hydrogens is 362 g/mol. The van der Waals surface area contributed by atoms with Gasteiger partial charge in [-0.25, -0.2) is 0 Å². The smallest absolute Gasteiger partial charge is 0.266 e. The van der Waals surface area contributed by atoms with E-state index in [-0.39, 0.29) is 5.91 Å². The molecule has 1 aromatic heterocycles. The van der Waals surface area contributed by atoms with Crippen molar-refractivity contribution in [3.63, 3.8) is 0 Å². The summed E-state index contributed by atoms with van der Waals surface area (Å²) in [5, 5.41) is 12.1. The van der Waals surface area contributed by atoms with Crippen molar-refractivity contribution in [1.29, 1.82) is 0 Å². The Kier molecular flexibility index (Phi) is 5.71. The first-order chi connectivity index (χ1) is 13.0. The lowest BCUT2D eigenvalue weighted by molar-refractivity contribution is -0.122. The lowest BCUT2D eigenvalue weighted by atomic mass is 10.1. The number of ether oxygens (including phenoxy) is 2. The molecule has 0 aliphatic heterocycles. The van der Waals surface area contributed by atoms with Gasteiger partial charge in [-0.05, 0) is 62.2 Å². The lowest BCUT2D eigenvalue weighted by Gasteiger charge is -2.15. The van der Waals surface area contributed by atoms with E-state index in [1.54, 1.807) is 14.0 Å². The molecule has 3 aromatic rings. The topological polar surface area (TPSA) is 73.3 Å². The minimum atomic E-state index is -0.654. The highest BCUT2D eigenvalue weighted by molar-refractivity contribution is 7.18. The summed E-state index contributed by atoms with van der Waals surface area (Å²) in [5.74, 6) is 1.20. The Balaban J connectivity index is 1.65. The Morgan fingerprint density at radius 3 is 2.56 bits per heavy atom. The maximum Gasteiger partial charge on any atom is 0.266 e. The van der Waals surface area contributed by atoms with Crippen molar-refractivity contribution in [3.05, 3.63) is 53.6 Å². The number of nitrogens with one attached hydrogen (secondary N) is 1. The highest BCUT2D eigenvalue weighted by atomic mass is 32.1. The van der Waals surface area contributed by atoms with Crippen LogP contribution in [0.4, 0.5) is 5.13 Å². The van der Waals surface area contributed by atoms with Crippen molar-refractivity contribution < 1.29 is 14.3 Å². The molecule has 140 valence electrons. The van der Waals surface area contributed by atoms with Gasteiger partial charge in [-0.1, -0.05) is 23.5 Å². The molecule has 7 heteroatoms. The fraction of sp³-hybridized carbons (Fsp3) is 0.250. The minimum Gasteiger partial charge on any atom is -0.497 e. The molecule has 6 nitrogen and oxygen atoms in total. The van der Waals surface area contributed by atoms with E-state index in [0.717, 1.165) is 27.4 Å². The van der Waals surface area contributed by atoms with Gasteiger partial charge in [0.05, 0.1) is 7.11 Å². The number of carbonyl (C=O) groups is 1. The van der Waals surface area contributed by atoms with Crippen LogP contribution in [0.5, 0.6) is 11.5 Å². The number of carbonyl (C=O) groups excluding carboxylic acids is 1. The Bertz CT molecular complexity index is 938. The monoisotopic (exact) mass is 383 g/mol. The van der Waals surface area contributed by atoms with E-state index < -0.39 is 6.10 Å². The second-order valence-electron chi connectivity index (χ2n) is 6.16. The fourth-order valence-electron chi connectivity index (χ4n) is 2.41. The Hall–Kier alpha value is -2.93. The molecular formula is C20H21N3O3S. The molecule has 0 aliphatic rings. The summed E-state index contributed by atoms with van der Waals surface area (Å²) >= 11 is 1.31. The van der Waals surface area contributed by atoms with Crippen LogP contribution >= 0.6 is 11.3 Å². The summed E-state index contributed by atoms with van der Waals surface area (Å²) in [7, 11) is 1.62. The molecule has 0 radical (unpaired) electrons. The molecule has 1 heterocycles. The SMILES string of the molecule is COc1ccc(-c2nnc(NC(=O)[C@@H](C)Oc3cc(C)ccc3C)s2)cc1. The third-order valence-corrected chi connectivity index (χ3v) is 4.90. The summed E-state index contributed by atoms with van der Waals surface area (Å²) < 4.78 is 11.0. The molecule has 0 saturated carbocycles. The zero-order valence-electron chi connectivity index (χ0n) is 15.6. The van der Waals surface area contributed by atoms with E-state index in [1.807, 2.05) is 56.3 Å². The first-order valence-corrected chi connectivity index (χ1v) is 9.30. The van der Waals surface area contributed by atoms with Gasteiger partial charge in [0.1, 0.15) is 16.5 Å². The Labute approximate surface area is 162 Å². The quantitative estimate of drug-likeness (QED) is 0.689. The standard InChI is InChI=1S/C20H21N3O3S/c1-12-5-6-13(2)17(11-12)26-14(3)18(24)21-20-23-22-19(27-20)15-7-9-16(25-4)10-8-15/h5-11,14H,1-4H3,(H,21,23,24)/t14-/m1/s1. The Morgan fingerprint density at radius 1 is 1.11 bits per heavy atom. The summed E-state index contributed by atoms with van der Waals surface area (Å²) in [4.78, 5) is 12.4. The molecule has 1 amide bonds. The van der Waals surface area contributed by atoms with E-state index in [4.69, 9.17) is 9.47 Å². The van der Waals surface area contributed by atoms with Crippen molar-refractivity contribution in [3.8, 4) is 22.1 Å². The van der Waals surface area contributed by atoms with Gasteiger partial charge in [-0.3, -0.25) is 10.1 Å². The van der Waals surface area contributed by atoms with Crippen LogP contribution in [0, 0.1) is 13.8 Å². The van der Waals surface area contributed by atoms with Gasteiger partial charge in [0.15, 0.2) is 6.10 Å². The van der Waals surface area contributed by atoms with Gasteiger partial charge >= 0.3 is 0 Å². The number of hydrogen-bond acceptors (Lipinski definition) is 6. The molecule has 0 aliphatic carbocycles. The summed E-state index contributed by atoms with van der Waals surface area (Å²) in [5.41, 5.74) is 2.97. The maximum atomic E-state index is 12.4. The number of nitrogens with zero attached hydrogens (tertiary/aromatic N) is 2. The van der Waals surface area contributed by atoms with Gasteiger partial charge in [-0.15, -0.1) is 10.2 Å². The van der Waals surface area contributed by atoms with Crippen molar-refractivity contribution in [1.82, 2.24) is 10.2 Å². The first kappa shape index (κ1) is 18.8. The van der Waals surface area contributed by atoms with Crippen LogP contribution in [-0.2, 0) is 4.79 Å². The number of methoxy groups -OCH3 is 1. The van der Waals surface area contributed by atoms with Gasteiger partial charge < -0.3 is 9.47 Å². The number of rotatable bonds is 6. The second-order valence-corrected chi connectivity index (χ2v) is 7.14. The average Bonchev–Trinajstić information content (AvgIpc) is 3.13. The van der Waals surface area contributed by atoms with Crippen molar-refractivity contribution in [2.24, 2.45) is 0 Å². The molecule has 1 N–H and O–H groups in total. The number of aryl methyl sites for hydroxylation is 2. The van der Waals surface area contributed by atoms with Gasteiger partial charge in [-0.2, -0.15) is 0 Å². The number of amides is 1.